The fourth-order valence-corrected chi connectivity index (χ4v) is 13.1. The van der Waals surface area contributed by atoms with E-state index in [1.165, 1.54) is 21.2 Å². The number of rotatable bonds is 8. The summed E-state index contributed by atoms with van der Waals surface area (Å²) in [5.41, 5.74) is 8.53. The number of hydrazine groups is 1. The number of likely N-dealkylation sites (tertiary alicyclic amines) is 1. The van der Waals surface area contributed by atoms with Crippen LogP contribution in [0.15, 0.2) is 41.9 Å². The molecule has 0 saturated carbocycles. The SMILES string of the molecule is CCn1c(-c2cccnc2[C@H](C)OC)c2c3cc(ccc31)-c1csc(n1)C[C@H](NC(=O)C(C(C)C)N(C)C(=O)N1CC3(C1)CS(=O)(=O)CCN3C)C(=O)N1CCC[C@H](N1)C(=O)OCC(C)(C)C2. The third-order valence-corrected chi connectivity index (χ3v) is 16.7. The normalized spacial score (nSPS) is 22.8. The molecule has 2 N–H and O–H groups in total. The number of likely N-dealkylation sites (N-methyl/N-ethyl adjacent to an activating group) is 2. The molecule has 0 radical (unpaired) electrons. The van der Waals surface area contributed by atoms with Gasteiger partial charge in [0.15, 0.2) is 9.84 Å². The molecular formula is C48H65N9O8S2. The van der Waals surface area contributed by atoms with Crippen LogP contribution in [0.1, 0.15) is 76.8 Å². The Balaban J connectivity index is 1.13. The number of nitrogens with zero attached hydrogens (tertiary/aromatic N) is 7. The zero-order valence-electron chi connectivity index (χ0n) is 40.1. The molecule has 19 heteroatoms. The maximum atomic E-state index is 14.7. The van der Waals surface area contributed by atoms with Gasteiger partial charge < -0.3 is 29.2 Å². The fourth-order valence-electron chi connectivity index (χ4n) is 10.3. The summed E-state index contributed by atoms with van der Waals surface area (Å²) >= 11 is 1.39. The molecule has 4 amide bonds. The van der Waals surface area contributed by atoms with Crippen molar-refractivity contribution in [1.29, 1.82) is 0 Å². The lowest BCUT2D eigenvalue weighted by Gasteiger charge is -2.57. The van der Waals surface area contributed by atoms with Gasteiger partial charge in [0, 0.05) is 92.3 Å². The fraction of sp³-hybridized carbons (Fsp3) is 0.583. The number of hydrogen-bond acceptors (Lipinski definition) is 13. The molecule has 4 aliphatic rings. The molecule has 0 aliphatic carbocycles. The Morgan fingerprint density at radius 3 is 2.61 bits per heavy atom. The minimum absolute atomic E-state index is 0.0218. The van der Waals surface area contributed by atoms with E-state index in [-0.39, 0.29) is 49.6 Å². The van der Waals surface area contributed by atoms with Gasteiger partial charge in [-0.25, -0.2) is 23.6 Å². The van der Waals surface area contributed by atoms with Gasteiger partial charge in [0.2, 0.25) is 5.91 Å². The lowest BCUT2D eigenvalue weighted by molar-refractivity contribution is -0.155. The molecule has 4 aromatic rings. The molecule has 8 rings (SSSR count). The van der Waals surface area contributed by atoms with Crippen molar-refractivity contribution < 1.29 is 37.1 Å². The third kappa shape index (κ3) is 9.58. The lowest BCUT2D eigenvalue weighted by Crippen LogP contribution is -2.76. The molecule has 3 saturated heterocycles. The molecule has 17 nitrogen and oxygen atoms in total. The van der Waals surface area contributed by atoms with Crippen molar-refractivity contribution in [2.75, 3.05) is 65.5 Å². The van der Waals surface area contributed by atoms with Crippen LogP contribution in [-0.4, -0.2) is 156 Å². The van der Waals surface area contributed by atoms with E-state index >= 15 is 0 Å². The number of aryl methyl sites for hydroxylation is 1. The van der Waals surface area contributed by atoms with Crippen LogP contribution >= 0.6 is 11.3 Å². The minimum Gasteiger partial charge on any atom is -0.464 e. The summed E-state index contributed by atoms with van der Waals surface area (Å²) in [5, 5.41) is 8.04. The van der Waals surface area contributed by atoms with Gasteiger partial charge in [0.05, 0.1) is 51.8 Å². The van der Waals surface area contributed by atoms with Gasteiger partial charge >= 0.3 is 12.0 Å². The molecule has 3 fully saturated rings. The number of benzene rings is 1. The number of ether oxygens (including phenoxy) is 2. The Hall–Kier alpha value is -4.95. The second-order valence-electron chi connectivity index (χ2n) is 19.9. The smallest absolute Gasteiger partial charge is 0.324 e. The Labute approximate surface area is 397 Å². The minimum atomic E-state index is -3.24. The van der Waals surface area contributed by atoms with Crippen LogP contribution in [0.2, 0.25) is 0 Å². The summed E-state index contributed by atoms with van der Waals surface area (Å²) in [7, 11) is 1.88. The van der Waals surface area contributed by atoms with Crippen LogP contribution in [-0.2, 0) is 53.1 Å². The number of hydrogen-bond donors (Lipinski definition) is 2. The highest BCUT2D eigenvalue weighted by Gasteiger charge is 2.54. The number of amides is 4. The van der Waals surface area contributed by atoms with Gasteiger partial charge in [-0.05, 0) is 75.9 Å². The highest BCUT2D eigenvalue weighted by molar-refractivity contribution is 7.91. The van der Waals surface area contributed by atoms with Gasteiger partial charge in [-0.2, -0.15) is 0 Å². The van der Waals surface area contributed by atoms with Crippen LogP contribution in [0.3, 0.4) is 0 Å². The van der Waals surface area contributed by atoms with Crippen molar-refractivity contribution in [2.24, 2.45) is 11.3 Å². The van der Waals surface area contributed by atoms with E-state index in [9.17, 15) is 27.6 Å². The summed E-state index contributed by atoms with van der Waals surface area (Å²) in [6.07, 6.45) is 3.13. The maximum Gasteiger partial charge on any atom is 0.324 e. The topological polar surface area (TPSA) is 189 Å². The zero-order valence-corrected chi connectivity index (χ0v) is 41.8. The molecule has 1 aromatic carbocycles. The van der Waals surface area contributed by atoms with E-state index in [1.807, 2.05) is 44.2 Å². The van der Waals surface area contributed by atoms with E-state index in [4.69, 9.17) is 19.4 Å². The first-order chi connectivity index (χ1) is 31.7. The predicted octanol–water partition coefficient (Wildman–Crippen LogP) is 4.69. The molecule has 1 spiro atoms. The largest absolute Gasteiger partial charge is 0.464 e. The molecule has 3 aromatic heterocycles. The number of methoxy groups -OCH3 is 1. The molecule has 4 atom stereocenters. The average Bonchev–Trinajstić information content (AvgIpc) is 3.88. The van der Waals surface area contributed by atoms with Gasteiger partial charge in [-0.15, -0.1) is 11.3 Å². The number of sulfone groups is 1. The molecule has 7 heterocycles. The first kappa shape index (κ1) is 48.5. The molecular weight excluding hydrogens is 895 g/mol. The third-order valence-electron chi connectivity index (χ3n) is 14.1. The number of pyridine rings is 1. The van der Waals surface area contributed by atoms with Crippen molar-refractivity contribution in [3.05, 3.63) is 58.2 Å². The number of aromatic nitrogens is 3. The summed E-state index contributed by atoms with van der Waals surface area (Å²) in [4.78, 5) is 71.9. The summed E-state index contributed by atoms with van der Waals surface area (Å²) in [5.74, 6) is -1.72. The number of esters is 1. The standard InChI is InChI=1S/C48H65N9O8S2/c1-10-56-38-16-15-31-21-33(38)34(42(56)32-13-11-17-49-40(32)30(4)64-9)23-47(5,6)27-65-45(60)35-14-12-18-57(52-35)44(59)36(22-39-50-37(31)24-66-39)51-43(58)41(29(2)3)54(8)46(61)55-25-48(26-55)28-67(62,63)20-19-53(48)7/h11,13,15-17,21,24,29-30,35-36,41,52H,10,12,14,18-20,22-23,25-28H2,1-9H3,(H,51,58)/t30-,35-,36-,41?/m0/s1. The molecule has 1 unspecified atom stereocenters. The quantitative estimate of drug-likeness (QED) is 0.232. The van der Waals surface area contributed by atoms with Crippen molar-refractivity contribution in [2.45, 2.75) is 104 Å². The van der Waals surface area contributed by atoms with E-state index in [1.54, 1.807) is 25.3 Å². The number of nitrogens with one attached hydrogen (secondary N) is 2. The van der Waals surface area contributed by atoms with Crippen LogP contribution in [0.25, 0.3) is 33.4 Å². The van der Waals surface area contributed by atoms with Crippen LogP contribution < -0.4 is 10.7 Å². The van der Waals surface area contributed by atoms with Gasteiger partial charge in [-0.3, -0.25) is 29.3 Å². The van der Waals surface area contributed by atoms with Crippen molar-refractivity contribution in [3.8, 4) is 22.5 Å². The highest BCUT2D eigenvalue weighted by Crippen LogP contribution is 2.42. The number of cyclic esters (lactones) is 1. The summed E-state index contributed by atoms with van der Waals surface area (Å²) < 4.78 is 39.4. The second-order valence-corrected chi connectivity index (χ2v) is 23.1. The highest BCUT2D eigenvalue weighted by atomic mass is 32.2. The Kier molecular flexibility index (Phi) is 13.7. The molecule has 67 heavy (non-hydrogen) atoms. The summed E-state index contributed by atoms with van der Waals surface area (Å²) in [6, 6.07) is 7.10. The van der Waals surface area contributed by atoms with E-state index < -0.39 is 62.7 Å². The summed E-state index contributed by atoms with van der Waals surface area (Å²) in [6.45, 7) is 13.9. The number of thiazole rings is 1. The molecule has 362 valence electrons. The first-order valence-corrected chi connectivity index (χ1v) is 26.0. The van der Waals surface area contributed by atoms with Crippen LogP contribution in [0, 0.1) is 11.3 Å². The average molecular weight is 960 g/mol. The monoisotopic (exact) mass is 959 g/mol. The van der Waals surface area contributed by atoms with Gasteiger partial charge in [0.25, 0.3) is 5.91 Å². The Morgan fingerprint density at radius 1 is 1.13 bits per heavy atom. The number of carbonyl (C=O) groups is 4. The Bertz CT molecular complexity index is 2660. The van der Waals surface area contributed by atoms with Crippen LogP contribution in [0.4, 0.5) is 4.79 Å². The van der Waals surface area contributed by atoms with Crippen molar-refractivity contribution >= 4 is 55.9 Å². The first-order valence-electron chi connectivity index (χ1n) is 23.3. The van der Waals surface area contributed by atoms with Crippen LogP contribution in [0.5, 0.6) is 0 Å². The number of carbonyl (C=O) groups excluding carboxylic acids is 4. The van der Waals surface area contributed by atoms with Crippen molar-refractivity contribution in [3.63, 3.8) is 0 Å². The van der Waals surface area contributed by atoms with Gasteiger partial charge in [0.1, 0.15) is 18.1 Å². The lowest BCUT2D eigenvalue weighted by atomic mass is 9.84. The molecule has 4 aliphatic heterocycles. The zero-order chi connectivity index (χ0) is 48.2. The number of fused-ring (bicyclic) bond motifs is 6. The second kappa shape index (κ2) is 18.9. The van der Waals surface area contributed by atoms with Crippen molar-refractivity contribution in [1.82, 2.24) is 45.0 Å². The van der Waals surface area contributed by atoms with E-state index in [2.05, 4.69) is 60.3 Å². The Morgan fingerprint density at radius 2 is 1.90 bits per heavy atom. The number of urea groups is 1. The predicted molar refractivity (Wildman–Crippen MR) is 257 cm³/mol. The van der Waals surface area contributed by atoms with Gasteiger partial charge in [-0.1, -0.05) is 33.8 Å². The maximum absolute atomic E-state index is 14.7. The van der Waals surface area contributed by atoms with E-state index in [0.29, 0.717) is 43.9 Å². The van der Waals surface area contributed by atoms with E-state index in [0.717, 1.165) is 44.7 Å². The molecule has 6 bridgehead atoms.